The predicted molar refractivity (Wildman–Crippen MR) is 106 cm³/mol. The second kappa shape index (κ2) is 8.92. The van der Waals surface area contributed by atoms with Gasteiger partial charge >= 0.3 is 5.97 Å². The molecule has 0 saturated carbocycles. The third-order valence-corrected chi connectivity index (χ3v) is 5.36. The van der Waals surface area contributed by atoms with E-state index in [9.17, 15) is 9.59 Å². The van der Waals surface area contributed by atoms with Gasteiger partial charge in [-0.25, -0.2) is 19.7 Å². The van der Waals surface area contributed by atoms with Crippen molar-refractivity contribution in [2.75, 3.05) is 17.7 Å². The average molecular weight is 403 g/mol. The van der Waals surface area contributed by atoms with Gasteiger partial charge in [0.1, 0.15) is 6.33 Å². The Labute approximate surface area is 164 Å². The molecule has 7 nitrogen and oxygen atoms in total. The summed E-state index contributed by atoms with van der Waals surface area (Å²) in [4.78, 5) is 36.5. The molecule has 0 unspecified atom stereocenters. The van der Waals surface area contributed by atoms with E-state index < -0.39 is 0 Å². The highest BCUT2D eigenvalue weighted by Gasteiger charge is 2.12. The third-order valence-electron chi connectivity index (χ3n) is 3.50. The van der Waals surface area contributed by atoms with Crippen LogP contribution in [0.3, 0.4) is 0 Å². The molecule has 1 amide bonds. The second-order valence-corrected chi connectivity index (χ2v) is 7.71. The fourth-order valence-corrected chi connectivity index (χ4v) is 4.05. The zero-order valence-corrected chi connectivity index (χ0v) is 16.5. The topological polar surface area (TPSA) is 94.1 Å². The summed E-state index contributed by atoms with van der Waals surface area (Å²) in [5.41, 5.74) is 2.10. The molecule has 140 valence electrons. The van der Waals surface area contributed by atoms with Gasteiger partial charge in [0, 0.05) is 17.9 Å². The van der Waals surface area contributed by atoms with Gasteiger partial charge in [-0.3, -0.25) is 4.79 Å². The average Bonchev–Trinajstić information content (AvgIpc) is 3.03. The summed E-state index contributed by atoms with van der Waals surface area (Å²) in [6.07, 6.45) is 1.86. The van der Waals surface area contributed by atoms with Crippen LogP contribution in [0.5, 0.6) is 0 Å². The smallest absolute Gasteiger partial charge is 0.338 e. The minimum absolute atomic E-state index is 0.113. The maximum absolute atomic E-state index is 12.1. The maximum atomic E-state index is 12.1. The number of nitrogens with one attached hydrogen (secondary N) is 1. The summed E-state index contributed by atoms with van der Waals surface area (Å²) in [5, 5.41) is 4.17. The van der Waals surface area contributed by atoms with E-state index in [1.54, 1.807) is 25.1 Å². The van der Waals surface area contributed by atoms with Crippen LogP contribution >= 0.6 is 23.1 Å². The van der Waals surface area contributed by atoms with Crippen molar-refractivity contribution in [1.29, 1.82) is 0 Å². The third kappa shape index (κ3) is 5.24. The normalized spacial score (nSPS) is 10.7. The number of nitrogens with zero attached hydrogens (tertiary/aromatic N) is 3. The first-order valence-corrected chi connectivity index (χ1v) is 10.1. The predicted octanol–water partition coefficient (Wildman–Crippen LogP) is 3.69. The highest BCUT2D eigenvalue weighted by Crippen LogP contribution is 2.27. The van der Waals surface area contributed by atoms with Crippen LogP contribution in [0.2, 0.25) is 0 Å². The lowest BCUT2D eigenvalue weighted by Crippen LogP contribution is -2.11. The van der Waals surface area contributed by atoms with Gasteiger partial charge in [0.2, 0.25) is 5.91 Å². The maximum Gasteiger partial charge on any atom is 0.338 e. The van der Waals surface area contributed by atoms with Crippen LogP contribution in [0, 0.1) is 6.92 Å². The summed E-state index contributed by atoms with van der Waals surface area (Å²) in [6.45, 7) is 3.99. The van der Waals surface area contributed by atoms with E-state index in [-0.39, 0.29) is 11.9 Å². The number of thiazole rings is 1. The number of benzene rings is 1. The Bertz CT molecular complexity index is 974. The molecule has 0 radical (unpaired) electrons. The van der Waals surface area contributed by atoms with Crippen LogP contribution in [-0.2, 0) is 9.53 Å². The van der Waals surface area contributed by atoms with Crippen molar-refractivity contribution in [2.45, 2.75) is 25.3 Å². The Morgan fingerprint density at radius 3 is 2.89 bits per heavy atom. The summed E-state index contributed by atoms with van der Waals surface area (Å²) in [7, 11) is 0. The van der Waals surface area contributed by atoms with E-state index in [4.69, 9.17) is 4.74 Å². The largest absolute Gasteiger partial charge is 0.462 e. The molecular weight excluding hydrogens is 384 g/mol. The van der Waals surface area contributed by atoms with Gasteiger partial charge in [-0.15, -0.1) is 11.8 Å². The first kappa shape index (κ1) is 19.2. The summed E-state index contributed by atoms with van der Waals surface area (Å²) in [6, 6.07) is 7.04. The molecular formula is C18H18N4O3S2. The van der Waals surface area contributed by atoms with Gasteiger partial charge in [-0.05, 0) is 38.1 Å². The molecule has 3 rings (SSSR count). The first-order valence-electron chi connectivity index (χ1n) is 8.34. The van der Waals surface area contributed by atoms with Crippen molar-refractivity contribution in [2.24, 2.45) is 0 Å². The Kier molecular flexibility index (Phi) is 6.36. The first-order chi connectivity index (χ1) is 13.0. The van der Waals surface area contributed by atoms with Gasteiger partial charge in [0.25, 0.3) is 0 Å². The van der Waals surface area contributed by atoms with E-state index in [1.165, 1.54) is 29.4 Å². The van der Waals surface area contributed by atoms with Crippen molar-refractivity contribution in [3.63, 3.8) is 0 Å². The minimum Gasteiger partial charge on any atom is -0.462 e. The molecule has 27 heavy (non-hydrogen) atoms. The monoisotopic (exact) mass is 402 g/mol. The number of aromatic nitrogens is 3. The second-order valence-electron chi connectivity index (χ2n) is 5.57. The molecule has 2 heterocycles. The highest BCUT2D eigenvalue weighted by molar-refractivity contribution is 7.99. The highest BCUT2D eigenvalue weighted by atomic mass is 32.2. The fourth-order valence-electron chi connectivity index (χ4n) is 2.26. The molecule has 0 aliphatic carbocycles. The van der Waals surface area contributed by atoms with Crippen LogP contribution in [0.1, 0.15) is 29.4 Å². The number of thioether (sulfide) groups is 1. The van der Waals surface area contributed by atoms with Gasteiger partial charge in [0.15, 0.2) is 5.13 Å². The van der Waals surface area contributed by atoms with Crippen LogP contribution in [-0.4, -0.2) is 39.2 Å². The van der Waals surface area contributed by atoms with Gasteiger partial charge < -0.3 is 10.1 Å². The van der Waals surface area contributed by atoms with E-state index >= 15 is 0 Å². The van der Waals surface area contributed by atoms with E-state index in [0.29, 0.717) is 29.5 Å². The van der Waals surface area contributed by atoms with E-state index in [2.05, 4.69) is 20.3 Å². The van der Waals surface area contributed by atoms with Crippen molar-refractivity contribution in [1.82, 2.24) is 15.0 Å². The van der Waals surface area contributed by atoms with Crippen LogP contribution in [0.25, 0.3) is 10.2 Å². The number of rotatable bonds is 7. The lowest BCUT2D eigenvalue weighted by molar-refractivity contribution is -0.115. The lowest BCUT2D eigenvalue weighted by Gasteiger charge is -2.02. The molecule has 0 aliphatic rings. The van der Waals surface area contributed by atoms with Crippen LogP contribution in [0.15, 0.2) is 35.6 Å². The molecule has 9 heteroatoms. The fraction of sp³-hybridized carbons (Fsp3) is 0.278. The standard InChI is InChI=1S/C18H18N4O3S2/c1-3-25-17(24)12-4-5-13-14(9-12)27-18(21-13)22-15(23)6-7-26-16-8-11(2)19-10-20-16/h4-5,8-10H,3,6-7H2,1-2H3,(H,21,22,23). The van der Waals surface area contributed by atoms with Crippen molar-refractivity contribution >= 4 is 50.3 Å². The molecule has 1 aromatic carbocycles. The van der Waals surface area contributed by atoms with Crippen molar-refractivity contribution in [3.8, 4) is 0 Å². The number of hydrogen-bond donors (Lipinski definition) is 1. The number of esters is 1. The van der Waals surface area contributed by atoms with E-state index in [1.807, 2.05) is 13.0 Å². The minimum atomic E-state index is -0.365. The summed E-state index contributed by atoms with van der Waals surface area (Å²) >= 11 is 2.84. The van der Waals surface area contributed by atoms with Crippen LogP contribution < -0.4 is 5.32 Å². The zero-order valence-electron chi connectivity index (χ0n) is 14.9. The molecule has 0 bridgehead atoms. The molecule has 0 aliphatic heterocycles. The molecule has 0 atom stereocenters. The SMILES string of the molecule is CCOC(=O)c1ccc2nc(NC(=O)CCSc3cc(C)ncn3)sc2c1. The Balaban J connectivity index is 1.57. The number of aryl methyl sites for hydroxylation is 1. The molecule has 0 spiro atoms. The Hall–Kier alpha value is -2.52. The number of carbonyl (C=O) groups is 2. The van der Waals surface area contributed by atoms with Crippen molar-refractivity contribution < 1.29 is 14.3 Å². The molecule has 0 saturated heterocycles. The van der Waals surface area contributed by atoms with Gasteiger partial charge in [-0.2, -0.15) is 0 Å². The summed E-state index contributed by atoms with van der Waals surface area (Å²) < 4.78 is 5.82. The number of hydrogen-bond acceptors (Lipinski definition) is 8. The quantitative estimate of drug-likeness (QED) is 0.366. The van der Waals surface area contributed by atoms with E-state index in [0.717, 1.165) is 20.9 Å². The lowest BCUT2D eigenvalue weighted by atomic mass is 10.2. The number of amides is 1. The van der Waals surface area contributed by atoms with Crippen molar-refractivity contribution in [3.05, 3.63) is 41.9 Å². The van der Waals surface area contributed by atoms with Gasteiger partial charge in [-0.1, -0.05) is 11.3 Å². The summed E-state index contributed by atoms with van der Waals surface area (Å²) in [5.74, 6) is 0.133. The molecule has 2 aromatic heterocycles. The number of ether oxygens (including phenoxy) is 1. The molecule has 0 fully saturated rings. The Morgan fingerprint density at radius 2 is 2.11 bits per heavy atom. The number of fused-ring (bicyclic) bond motifs is 1. The zero-order chi connectivity index (χ0) is 19.2. The Morgan fingerprint density at radius 1 is 1.26 bits per heavy atom. The number of carbonyl (C=O) groups excluding carboxylic acids is 2. The molecule has 3 aromatic rings. The van der Waals surface area contributed by atoms with Crippen LogP contribution in [0.4, 0.5) is 5.13 Å². The number of anilines is 1. The molecule has 1 N–H and O–H groups in total. The van der Waals surface area contributed by atoms with Gasteiger partial charge in [0.05, 0.1) is 27.4 Å².